The van der Waals surface area contributed by atoms with E-state index in [1.807, 2.05) is 0 Å². The van der Waals surface area contributed by atoms with Gasteiger partial charge in [-0.2, -0.15) is 0 Å². The molecule has 0 heterocycles. The van der Waals surface area contributed by atoms with Crippen molar-refractivity contribution < 1.29 is 52.6 Å². The summed E-state index contributed by atoms with van der Waals surface area (Å²) >= 11 is 0. The van der Waals surface area contributed by atoms with Crippen LogP contribution in [0.1, 0.15) is 0 Å². The van der Waals surface area contributed by atoms with Gasteiger partial charge in [0.1, 0.15) is 0 Å². The Balaban J connectivity index is -0.0000000347. The average molecular weight is 401 g/mol. The SMILES string of the molecule is N=C(N)N.O=S(=O)([O-])[O-].O=S(=O)([O-])[O-].O=S(=O)([O-])[O-].[Al+3].[Al+3]. The summed E-state index contributed by atoms with van der Waals surface area (Å²) in [6.45, 7) is 0. The van der Waals surface area contributed by atoms with Crippen LogP contribution >= 0.6 is 0 Å². The van der Waals surface area contributed by atoms with Gasteiger partial charge in [0.15, 0.2) is 5.96 Å². The van der Waals surface area contributed by atoms with E-state index < -0.39 is 31.2 Å². The first kappa shape index (κ1) is 37.3. The van der Waals surface area contributed by atoms with Crippen LogP contribution in [0.2, 0.25) is 0 Å². The second-order valence-electron chi connectivity index (χ2n) is 1.68. The predicted octanol–water partition coefficient (Wildman–Crippen LogP) is -5.94. The van der Waals surface area contributed by atoms with Gasteiger partial charge in [0.2, 0.25) is 0 Å². The third-order valence-electron chi connectivity index (χ3n) is 0. The largest absolute Gasteiger partial charge is 3.00 e. The van der Waals surface area contributed by atoms with Gasteiger partial charge in [0, 0.05) is 31.2 Å². The Labute approximate surface area is 141 Å². The minimum Gasteiger partial charge on any atom is -0.759 e. The van der Waals surface area contributed by atoms with Crippen LogP contribution < -0.4 is 11.5 Å². The van der Waals surface area contributed by atoms with Crippen LogP contribution in [0.15, 0.2) is 0 Å². The molecule has 0 saturated heterocycles. The molecule has 0 aliphatic heterocycles. The molecule has 0 bridgehead atoms. The van der Waals surface area contributed by atoms with Crippen molar-refractivity contribution >= 4 is 71.9 Å². The van der Waals surface area contributed by atoms with E-state index in [0.29, 0.717) is 0 Å². The smallest absolute Gasteiger partial charge is 0.759 e. The van der Waals surface area contributed by atoms with Crippen molar-refractivity contribution in [2.75, 3.05) is 0 Å². The van der Waals surface area contributed by atoms with Crippen molar-refractivity contribution in [3.63, 3.8) is 0 Å². The van der Waals surface area contributed by atoms with Gasteiger partial charge in [-0.1, -0.05) is 0 Å². The molecule has 5 N–H and O–H groups in total. The van der Waals surface area contributed by atoms with Gasteiger partial charge in [-0.25, -0.2) is 0 Å². The molecule has 0 aromatic rings. The second kappa shape index (κ2) is 16.3. The third kappa shape index (κ3) is 2120000. The maximum atomic E-state index is 8.52. The molecular formula is CH5Al2N3O12S3. The van der Waals surface area contributed by atoms with Gasteiger partial charge in [-0.05, 0) is 0 Å². The van der Waals surface area contributed by atoms with Gasteiger partial charge < -0.3 is 38.8 Å². The zero-order valence-electron chi connectivity index (χ0n) is 9.43. The zero-order chi connectivity index (χ0) is 17.1. The van der Waals surface area contributed by atoms with Crippen LogP contribution in [0, 0.1) is 5.41 Å². The molecule has 0 rings (SSSR count). The fraction of sp³-hybridized carbons (Fsp3) is 0. The quantitative estimate of drug-likeness (QED) is 0.112. The molecule has 21 heavy (non-hydrogen) atoms. The molecule has 0 aliphatic rings. The number of guanidine groups is 1. The van der Waals surface area contributed by atoms with Crippen LogP contribution in [-0.2, 0) is 31.2 Å². The number of rotatable bonds is 0. The Morgan fingerprint density at radius 3 is 0.619 bits per heavy atom. The maximum absolute atomic E-state index is 8.52. The average Bonchev–Trinajstić information content (AvgIpc) is 1.66. The Morgan fingerprint density at radius 1 is 0.619 bits per heavy atom. The standard InChI is InChI=1S/CH5N3.2Al.3H2O4S/c2-1(3)4;;;3*1-5(2,3)4/h(H5,2,3,4);;;3*(H2,1,2,3,4)/q;2*+3;;;/p-6. The molecule has 15 nitrogen and oxygen atoms in total. The molecular weight excluding hydrogens is 396 g/mol. The Bertz CT molecular complexity index is 435. The van der Waals surface area contributed by atoms with E-state index in [1.54, 1.807) is 0 Å². The van der Waals surface area contributed by atoms with E-state index in [4.69, 9.17) is 58.0 Å². The zero-order valence-corrected chi connectivity index (χ0v) is 14.2. The molecule has 0 radical (unpaired) electrons. The van der Waals surface area contributed by atoms with E-state index in [2.05, 4.69) is 11.5 Å². The van der Waals surface area contributed by atoms with E-state index in [1.165, 1.54) is 0 Å². The molecule has 0 amide bonds. The fourth-order valence-corrected chi connectivity index (χ4v) is 0. The summed E-state index contributed by atoms with van der Waals surface area (Å²) < 4.78 is 102. The first-order valence-electron chi connectivity index (χ1n) is 2.83. The first-order chi connectivity index (χ1) is 7.73. The van der Waals surface area contributed by atoms with Crippen LogP contribution in [0.5, 0.6) is 0 Å². The number of nitrogens with one attached hydrogen (secondary N) is 1. The molecule has 0 aliphatic carbocycles. The van der Waals surface area contributed by atoms with Crippen molar-refractivity contribution in [1.82, 2.24) is 0 Å². The monoisotopic (exact) mass is 401 g/mol. The number of nitrogens with two attached hydrogens (primary N) is 2. The summed E-state index contributed by atoms with van der Waals surface area (Å²) in [6, 6.07) is 0. The summed E-state index contributed by atoms with van der Waals surface area (Å²) in [7, 11) is -15.5. The molecule has 0 spiro atoms. The van der Waals surface area contributed by atoms with E-state index in [-0.39, 0.29) is 40.7 Å². The second-order valence-corrected chi connectivity index (χ2v) is 4.13. The summed E-state index contributed by atoms with van der Waals surface area (Å²) in [5, 5.41) is 6.06. The predicted molar refractivity (Wildman–Crippen MR) is 59.0 cm³/mol. The van der Waals surface area contributed by atoms with Gasteiger partial charge >= 0.3 is 34.7 Å². The van der Waals surface area contributed by atoms with Crippen LogP contribution in [0.25, 0.3) is 0 Å². The van der Waals surface area contributed by atoms with Crippen LogP contribution in [0.4, 0.5) is 0 Å². The molecule has 0 unspecified atom stereocenters. The topological polar surface area (TPSA) is 317 Å². The normalized spacial score (nSPS) is 9.43. The van der Waals surface area contributed by atoms with Crippen molar-refractivity contribution in [3.05, 3.63) is 0 Å². The molecule has 20 heteroatoms. The summed E-state index contributed by atoms with van der Waals surface area (Å²) in [5.41, 5.74) is 8.94. The maximum Gasteiger partial charge on any atom is 3.00 e. The van der Waals surface area contributed by atoms with Crippen molar-refractivity contribution in [2.45, 2.75) is 0 Å². The Kier molecular flexibility index (Phi) is 29.0. The summed E-state index contributed by atoms with van der Waals surface area (Å²) in [5.74, 6) is -0.333. The number of hydrogen-bond donors (Lipinski definition) is 3. The van der Waals surface area contributed by atoms with Gasteiger partial charge in [0.05, 0.1) is 0 Å². The molecule has 0 saturated carbocycles. The van der Waals surface area contributed by atoms with E-state index in [9.17, 15) is 0 Å². The Hall–Kier alpha value is -0.0551. The van der Waals surface area contributed by atoms with Crippen molar-refractivity contribution in [3.8, 4) is 0 Å². The van der Waals surface area contributed by atoms with Gasteiger partial charge in [-0.3, -0.25) is 30.7 Å². The first-order valence-corrected chi connectivity index (χ1v) is 6.83. The fourth-order valence-electron chi connectivity index (χ4n) is 0. The molecule has 0 aromatic heterocycles. The molecule has 0 fully saturated rings. The van der Waals surface area contributed by atoms with Gasteiger partial charge in [-0.15, -0.1) is 0 Å². The third-order valence-corrected chi connectivity index (χ3v) is 0. The molecule has 120 valence electrons. The van der Waals surface area contributed by atoms with Crippen molar-refractivity contribution in [2.24, 2.45) is 11.5 Å². The van der Waals surface area contributed by atoms with Crippen LogP contribution in [0.3, 0.4) is 0 Å². The minimum absolute atomic E-state index is 0. The van der Waals surface area contributed by atoms with E-state index in [0.717, 1.165) is 0 Å². The molecule has 0 aromatic carbocycles. The summed E-state index contributed by atoms with van der Waals surface area (Å²) in [4.78, 5) is 0. The minimum atomic E-state index is -5.17. The summed E-state index contributed by atoms with van der Waals surface area (Å²) in [6.07, 6.45) is 0. The Morgan fingerprint density at radius 2 is 0.619 bits per heavy atom. The van der Waals surface area contributed by atoms with Crippen LogP contribution in [-0.4, -0.2) is 93.3 Å². The number of hydrogen-bond acceptors (Lipinski definition) is 13. The van der Waals surface area contributed by atoms with Crippen molar-refractivity contribution in [1.29, 1.82) is 5.41 Å². The van der Waals surface area contributed by atoms with E-state index >= 15 is 0 Å². The van der Waals surface area contributed by atoms with Gasteiger partial charge in [0.25, 0.3) is 0 Å². The molecule has 0 atom stereocenters.